The third-order valence-corrected chi connectivity index (χ3v) is 10.0. The van der Waals surface area contributed by atoms with Crippen molar-refractivity contribution in [3.05, 3.63) is 70.5 Å². The van der Waals surface area contributed by atoms with Gasteiger partial charge in [-0.05, 0) is 54.5 Å². The zero-order chi connectivity index (χ0) is 38.8. The number of pyridine rings is 1. The first-order valence-corrected chi connectivity index (χ1v) is 19.2. The molecule has 0 bridgehead atoms. The molecule has 54 heavy (non-hydrogen) atoms. The molecule has 0 saturated carbocycles. The highest BCUT2D eigenvalue weighted by molar-refractivity contribution is 7.99. The van der Waals surface area contributed by atoms with Gasteiger partial charge in [0.1, 0.15) is 58.4 Å². The van der Waals surface area contributed by atoms with E-state index in [4.69, 9.17) is 40.0 Å². The number of hydrogen-bond donors (Lipinski definition) is 0. The van der Waals surface area contributed by atoms with Gasteiger partial charge in [0.2, 0.25) is 5.13 Å². The Morgan fingerprint density at radius 1 is 1.09 bits per heavy atom. The van der Waals surface area contributed by atoms with E-state index < -0.39 is 59.5 Å². The molecule has 4 aromatic rings. The lowest BCUT2D eigenvalue weighted by Crippen LogP contribution is -2.59. The molecule has 1 aromatic carbocycles. The SMILES string of the molecule is CCOC1C(n2cc(-c3csc(N(C(=O)OC(C)(C)C)C(=O)OC(C)(C)C)n3)nn2)[C@H]2OC(c3ccccc3)OCC2O[C@@H]1Sc1cc(Cl)cnc1C#N. The van der Waals surface area contributed by atoms with Crippen LogP contribution in [0.5, 0.6) is 0 Å². The van der Waals surface area contributed by atoms with Crippen LogP contribution in [0.15, 0.2) is 59.1 Å². The van der Waals surface area contributed by atoms with Crippen molar-refractivity contribution >= 4 is 52.0 Å². The minimum atomic E-state index is -0.934. The molecule has 15 nitrogen and oxygen atoms in total. The number of halogens is 1. The Hall–Kier alpha value is -4.15. The fourth-order valence-electron chi connectivity index (χ4n) is 5.70. The van der Waals surface area contributed by atoms with Gasteiger partial charge in [-0.2, -0.15) is 10.2 Å². The second kappa shape index (κ2) is 16.3. The van der Waals surface area contributed by atoms with E-state index in [2.05, 4.69) is 26.3 Å². The lowest BCUT2D eigenvalue weighted by molar-refractivity contribution is -0.309. The average Bonchev–Trinajstić information content (AvgIpc) is 3.78. The smallest absolute Gasteiger partial charge is 0.426 e. The van der Waals surface area contributed by atoms with Crippen LogP contribution in [-0.2, 0) is 28.4 Å². The van der Waals surface area contributed by atoms with E-state index in [1.165, 1.54) is 18.0 Å². The van der Waals surface area contributed by atoms with Gasteiger partial charge in [-0.3, -0.25) is 0 Å². The maximum Gasteiger partial charge on any atom is 0.426 e. The van der Waals surface area contributed by atoms with E-state index >= 15 is 0 Å². The monoisotopic (exact) mass is 797 g/mol. The molecule has 2 fully saturated rings. The number of aromatic nitrogens is 5. The number of ether oxygens (including phenoxy) is 6. The summed E-state index contributed by atoms with van der Waals surface area (Å²) in [5.41, 5.74) is -0.738. The van der Waals surface area contributed by atoms with Crippen LogP contribution in [0.2, 0.25) is 5.02 Å². The normalized spacial score (nSPS) is 22.9. The molecule has 2 amide bonds. The van der Waals surface area contributed by atoms with Crippen LogP contribution < -0.4 is 4.90 Å². The van der Waals surface area contributed by atoms with Crippen molar-refractivity contribution in [2.24, 2.45) is 0 Å². The van der Waals surface area contributed by atoms with E-state index in [0.717, 1.165) is 21.8 Å². The van der Waals surface area contributed by atoms with E-state index in [9.17, 15) is 14.9 Å². The number of thioether (sulfide) groups is 1. The zero-order valence-corrected chi connectivity index (χ0v) is 33.1. The van der Waals surface area contributed by atoms with Gasteiger partial charge < -0.3 is 28.4 Å². The van der Waals surface area contributed by atoms with Gasteiger partial charge >= 0.3 is 12.2 Å². The summed E-state index contributed by atoms with van der Waals surface area (Å²) in [6.45, 7) is 12.6. The topological polar surface area (TPSA) is 173 Å². The van der Waals surface area contributed by atoms with Gasteiger partial charge in [0.15, 0.2) is 12.0 Å². The highest BCUT2D eigenvalue weighted by Gasteiger charge is 2.52. The lowest BCUT2D eigenvalue weighted by Gasteiger charge is -2.49. The molecular weight excluding hydrogens is 758 g/mol. The number of carbonyl (C=O) groups is 2. The van der Waals surface area contributed by atoms with Crippen LogP contribution in [0.25, 0.3) is 11.4 Å². The second-order valence-corrected chi connectivity index (χ2v) is 16.7. The summed E-state index contributed by atoms with van der Waals surface area (Å²) >= 11 is 8.59. The number of amides is 2. The predicted molar refractivity (Wildman–Crippen MR) is 199 cm³/mol. The van der Waals surface area contributed by atoms with Crippen molar-refractivity contribution in [2.45, 2.75) is 101 Å². The van der Waals surface area contributed by atoms with Crippen molar-refractivity contribution in [1.29, 1.82) is 5.26 Å². The van der Waals surface area contributed by atoms with E-state index in [1.54, 1.807) is 63.9 Å². The Balaban J connectivity index is 1.36. The third-order valence-electron chi connectivity index (χ3n) is 7.82. The van der Waals surface area contributed by atoms with Gasteiger partial charge in [-0.1, -0.05) is 58.9 Å². The first kappa shape index (κ1) is 39.5. The van der Waals surface area contributed by atoms with Crippen LogP contribution in [0.3, 0.4) is 0 Å². The summed E-state index contributed by atoms with van der Waals surface area (Å²) in [6.07, 6.45) is -1.33. The van der Waals surface area contributed by atoms with Gasteiger partial charge in [-0.15, -0.1) is 16.4 Å². The summed E-state index contributed by atoms with van der Waals surface area (Å²) in [5, 5.41) is 20.8. The lowest BCUT2D eigenvalue weighted by atomic mass is 9.95. The molecular formula is C36H40ClN7O8S2. The highest BCUT2D eigenvalue weighted by atomic mass is 35.5. The molecule has 18 heteroatoms. The number of anilines is 1. The average molecular weight is 798 g/mol. The van der Waals surface area contributed by atoms with Crippen molar-refractivity contribution in [1.82, 2.24) is 25.0 Å². The number of carbonyl (C=O) groups excluding carboxylic acids is 2. The second-order valence-electron chi connectivity index (χ2n) is 14.3. The van der Waals surface area contributed by atoms with Gasteiger partial charge in [0.25, 0.3) is 0 Å². The first-order chi connectivity index (χ1) is 25.6. The van der Waals surface area contributed by atoms with Crippen molar-refractivity contribution < 1.29 is 38.0 Å². The predicted octanol–water partition coefficient (Wildman–Crippen LogP) is 7.58. The molecule has 286 valence electrons. The molecule has 4 unspecified atom stereocenters. The molecule has 0 spiro atoms. The molecule has 6 rings (SSSR count). The van der Waals surface area contributed by atoms with Crippen LogP contribution in [0.4, 0.5) is 14.7 Å². The van der Waals surface area contributed by atoms with Crippen LogP contribution in [0, 0.1) is 11.3 Å². The summed E-state index contributed by atoms with van der Waals surface area (Å²) in [6, 6.07) is 12.7. The van der Waals surface area contributed by atoms with Gasteiger partial charge in [-0.25, -0.2) is 24.2 Å². The number of nitriles is 1. The molecule has 3 aromatic heterocycles. The van der Waals surface area contributed by atoms with Gasteiger partial charge in [0.05, 0.1) is 17.8 Å². The Morgan fingerprint density at radius 2 is 1.80 bits per heavy atom. The van der Waals surface area contributed by atoms with Crippen LogP contribution in [-0.4, -0.2) is 85.3 Å². The maximum atomic E-state index is 13.3. The molecule has 0 aliphatic carbocycles. The van der Waals surface area contributed by atoms with Crippen LogP contribution >= 0.6 is 34.7 Å². The Bertz CT molecular complexity index is 1970. The first-order valence-electron chi connectivity index (χ1n) is 17.1. The number of imide groups is 1. The van der Waals surface area contributed by atoms with E-state index in [0.29, 0.717) is 27.9 Å². The van der Waals surface area contributed by atoms with Crippen LogP contribution in [0.1, 0.15) is 72.1 Å². The van der Waals surface area contributed by atoms with E-state index in [1.807, 2.05) is 37.3 Å². The van der Waals surface area contributed by atoms with Crippen molar-refractivity contribution in [3.63, 3.8) is 0 Å². The number of benzene rings is 1. The van der Waals surface area contributed by atoms with E-state index in [-0.39, 0.29) is 17.4 Å². The molecule has 0 radical (unpaired) electrons. The molecule has 5 heterocycles. The highest BCUT2D eigenvalue weighted by Crippen LogP contribution is 2.45. The minimum absolute atomic E-state index is 0.0275. The standard InChI is InChI=1S/C36H40ClN7O8S2/c1-8-47-29-27(43-17-23(41-42-43)24-19-53-32(40-24)44(33(45)51-35(2,3)4)34(46)52-36(5,6)7)28-25(18-48-30(50-28)20-12-10-9-11-13-20)49-31(29)54-26-14-21(37)16-39-22(26)15-38/h9-14,16-17,19,25,27-31H,8,18H2,1-7H3/t25?,27?,28-,29?,30?,31+/m0/s1. The fraction of sp³-hybridized carbons (Fsp3) is 0.472. The Labute approximate surface area is 325 Å². The molecule has 2 aliphatic heterocycles. The zero-order valence-electron chi connectivity index (χ0n) is 30.7. The third kappa shape index (κ3) is 9.20. The number of fused-ring (bicyclic) bond motifs is 1. The van der Waals surface area contributed by atoms with Crippen molar-refractivity contribution in [3.8, 4) is 17.5 Å². The fourth-order valence-corrected chi connectivity index (χ4v) is 7.95. The Kier molecular flexibility index (Phi) is 11.9. The number of rotatable bonds is 8. The minimum Gasteiger partial charge on any atom is -0.443 e. The van der Waals surface area contributed by atoms with Gasteiger partial charge in [0, 0.05) is 28.6 Å². The molecule has 2 aliphatic rings. The quantitative estimate of drug-likeness (QED) is 0.171. The summed E-state index contributed by atoms with van der Waals surface area (Å²) in [4.78, 5) is 36.6. The summed E-state index contributed by atoms with van der Waals surface area (Å²) < 4.78 is 38.5. The maximum absolute atomic E-state index is 13.3. The summed E-state index contributed by atoms with van der Waals surface area (Å²) in [7, 11) is 0. The molecule has 2 saturated heterocycles. The van der Waals surface area contributed by atoms with Crippen molar-refractivity contribution in [2.75, 3.05) is 18.1 Å². The molecule has 6 atom stereocenters. The molecule has 0 N–H and O–H groups in total. The summed E-state index contributed by atoms with van der Waals surface area (Å²) in [5.74, 6) is 0. The Morgan fingerprint density at radius 3 is 2.44 bits per heavy atom. The largest absolute Gasteiger partial charge is 0.443 e. The number of nitrogens with zero attached hydrogens (tertiary/aromatic N) is 7. The number of hydrogen-bond acceptors (Lipinski definition) is 15. The number of thiazole rings is 1.